The fraction of sp³-hybridized carbons (Fsp3) is 0.314. The van der Waals surface area contributed by atoms with Gasteiger partial charge in [-0.15, -0.1) is 0 Å². The minimum Gasteiger partial charge on any atom is -0.462 e. The molecule has 1 amide bonds. The highest BCUT2D eigenvalue weighted by Gasteiger charge is 2.32. The first kappa shape index (κ1) is 28.3. The Morgan fingerprint density at radius 2 is 1.63 bits per heavy atom. The zero-order valence-electron chi connectivity index (χ0n) is 23.9. The summed E-state index contributed by atoms with van der Waals surface area (Å²) < 4.78 is 22.1. The van der Waals surface area contributed by atoms with Crippen LogP contribution in [0, 0.1) is 11.7 Å². The molecule has 1 aliphatic rings. The van der Waals surface area contributed by atoms with Gasteiger partial charge in [-0.1, -0.05) is 75.7 Å². The Morgan fingerprint density at radius 3 is 2.27 bits per heavy atom. The number of hydrogen-bond donors (Lipinski definition) is 1. The summed E-state index contributed by atoms with van der Waals surface area (Å²) in [6, 6.07) is 25.8. The summed E-state index contributed by atoms with van der Waals surface area (Å²) in [4.78, 5) is 26.5. The van der Waals surface area contributed by atoms with Gasteiger partial charge in [-0.2, -0.15) is 0 Å². The summed E-state index contributed by atoms with van der Waals surface area (Å²) in [6.45, 7) is 6.83. The maximum Gasteiger partial charge on any atom is 0.306 e. The monoisotopic (exact) mass is 552 g/mol. The Balaban J connectivity index is 1.69. The number of amides is 1. The minimum absolute atomic E-state index is 0.000445. The second kappa shape index (κ2) is 12.5. The largest absolute Gasteiger partial charge is 0.462 e. The van der Waals surface area contributed by atoms with E-state index in [1.54, 1.807) is 12.1 Å². The van der Waals surface area contributed by atoms with Crippen molar-refractivity contribution in [2.24, 2.45) is 5.92 Å². The molecule has 0 spiro atoms. The number of para-hydroxylation sites is 1. The van der Waals surface area contributed by atoms with E-state index in [2.05, 4.69) is 30.7 Å². The summed E-state index contributed by atoms with van der Waals surface area (Å²) in [6.07, 6.45) is 2.68. The SMILES string of the molecule is CCC1CC(=O)OC(CCn2c(-c3ccc(F)cc3)c(-c3ccccc3)c(C(=O)Nc3ccccc3)c2C(C)C)C1. The van der Waals surface area contributed by atoms with Crippen molar-refractivity contribution in [2.75, 3.05) is 5.32 Å². The molecule has 0 bridgehead atoms. The van der Waals surface area contributed by atoms with Gasteiger partial charge in [0.2, 0.25) is 0 Å². The average molecular weight is 553 g/mol. The van der Waals surface area contributed by atoms with Crippen molar-refractivity contribution in [3.05, 3.63) is 102 Å². The average Bonchev–Trinajstić information content (AvgIpc) is 3.33. The number of rotatable bonds is 9. The van der Waals surface area contributed by atoms with Crippen molar-refractivity contribution in [1.29, 1.82) is 0 Å². The molecule has 1 aliphatic heterocycles. The molecule has 212 valence electrons. The predicted molar refractivity (Wildman–Crippen MR) is 161 cm³/mol. The van der Waals surface area contributed by atoms with E-state index in [9.17, 15) is 14.0 Å². The molecule has 1 aromatic heterocycles. The lowest BCUT2D eigenvalue weighted by Crippen LogP contribution is -2.30. The zero-order chi connectivity index (χ0) is 28.9. The van der Waals surface area contributed by atoms with Crippen molar-refractivity contribution in [1.82, 2.24) is 4.57 Å². The number of aromatic nitrogens is 1. The number of ether oxygens (including phenoxy) is 1. The van der Waals surface area contributed by atoms with Gasteiger partial charge in [0.25, 0.3) is 5.91 Å². The second-order valence-corrected chi connectivity index (χ2v) is 11.1. The molecular formula is C35H37FN2O3. The molecule has 0 saturated carbocycles. The van der Waals surface area contributed by atoms with Gasteiger partial charge in [0.1, 0.15) is 11.9 Å². The number of hydrogen-bond acceptors (Lipinski definition) is 3. The maximum atomic E-state index is 14.2. The molecule has 2 atom stereocenters. The van der Waals surface area contributed by atoms with Crippen LogP contribution in [0.1, 0.15) is 68.4 Å². The van der Waals surface area contributed by atoms with Gasteiger partial charge < -0.3 is 14.6 Å². The predicted octanol–water partition coefficient (Wildman–Crippen LogP) is 8.46. The molecule has 2 unspecified atom stereocenters. The second-order valence-electron chi connectivity index (χ2n) is 11.1. The van der Waals surface area contributed by atoms with E-state index in [4.69, 9.17) is 4.74 Å². The first-order valence-electron chi connectivity index (χ1n) is 14.5. The van der Waals surface area contributed by atoms with Crippen molar-refractivity contribution < 1.29 is 18.7 Å². The number of nitrogens with zero attached hydrogens (tertiary/aromatic N) is 1. The van der Waals surface area contributed by atoms with Crippen LogP contribution in [-0.4, -0.2) is 22.5 Å². The van der Waals surface area contributed by atoms with Crippen molar-refractivity contribution in [2.45, 2.75) is 65.0 Å². The third kappa shape index (κ3) is 6.27. The van der Waals surface area contributed by atoms with Gasteiger partial charge in [-0.3, -0.25) is 9.59 Å². The molecule has 0 aliphatic carbocycles. The number of carbonyl (C=O) groups is 2. The summed E-state index contributed by atoms with van der Waals surface area (Å²) in [5, 5.41) is 3.11. The number of benzene rings is 3. The number of nitrogens with one attached hydrogen (secondary N) is 1. The summed E-state index contributed by atoms with van der Waals surface area (Å²) >= 11 is 0. The van der Waals surface area contributed by atoms with Crippen molar-refractivity contribution in [3.8, 4) is 22.4 Å². The Labute approximate surface area is 241 Å². The van der Waals surface area contributed by atoms with Crippen LogP contribution in [0.25, 0.3) is 22.4 Å². The first-order chi connectivity index (χ1) is 19.9. The van der Waals surface area contributed by atoms with Crippen LogP contribution in [0.15, 0.2) is 84.9 Å². The van der Waals surface area contributed by atoms with E-state index in [-0.39, 0.29) is 29.7 Å². The van der Waals surface area contributed by atoms with Crippen LogP contribution >= 0.6 is 0 Å². The number of esters is 1. The molecule has 5 nitrogen and oxygen atoms in total. The number of cyclic esters (lactones) is 1. The van der Waals surface area contributed by atoms with Crippen LogP contribution in [0.3, 0.4) is 0 Å². The van der Waals surface area contributed by atoms with Crippen LogP contribution in [0.4, 0.5) is 10.1 Å². The Bertz CT molecular complexity index is 1490. The molecule has 3 aromatic carbocycles. The molecular weight excluding hydrogens is 515 g/mol. The highest BCUT2D eigenvalue weighted by Crippen LogP contribution is 2.43. The number of carbonyl (C=O) groups excluding carboxylic acids is 2. The number of halogens is 1. The van der Waals surface area contributed by atoms with Crippen LogP contribution < -0.4 is 5.32 Å². The van der Waals surface area contributed by atoms with Crippen molar-refractivity contribution >= 4 is 17.6 Å². The van der Waals surface area contributed by atoms with E-state index in [1.807, 2.05) is 60.7 Å². The molecule has 2 heterocycles. The maximum absolute atomic E-state index is 14.2. The van der Waals surface area contributed by atoms with Gasteiger partial charge in [-0.25, -0.2) is 4.39 Å². The fourth-order valence-electron chi connectivity index (χ4n) is 5.94. The fourth-order valence-corrected chi connectivity index (χ4v) is 5.94. The van der Waals surface area contributed by atoms with Crippen molar-refractivity contribution in [3.63, 3.8) is 0 Å². The normalized spacial score (nSPS) is 17.0. The standard InChI is InChI=1S/C35H37FN2O3/c1-4-24-21-29(41-30(39)22-24)19-20-38-33(23(2)3)32(35(40)37-28-13-9-6-10-14-28)31(25-11-7-5-8-12-25)34(38)26-15-17-27(36)18-16-26/h5-18,23-24,29H,4,19-22H2,1-3H3,(H,37,40). The molecule has 1 N–H and O–H groups in total. The lowest BCUT2D eigenvalue weighted by atomic mass is 9.91. The summed E-state index contributed by atoms with van der Waals surface area (Å²) in [7, 11) is 0. The highest BCUT2D eigenvalue weighted by atomic mass is 19.1. The summed E-state index contributed by atoms with van der Waals surface area (Å²) in [5.41, 5.74) is 5.58. The first-order valence-corrected chi connectivity index (χ1v) is 14.5. The van der Waals surface area contributed by atoms with Gasteiger partial charge in [0.15, 0.2) is 0 Å². The molecule has 5 rings (SSSR count). The topological polar surface area (TPSA) is 60.3 Å². The molecule has 4 aromatic rings. The minimum atomic E-state index is -0.320. The number of anilines is 1. The molecule has 1 fully saturated rings. The Morgan fingerprint density at radius 1 is 0.976 bits per heavy atom. The molecule has 6 heteroatoms. The highest BCUT2D eigenvalue weighted by molar-refractivity contribution is 6.12. The quantitative estimate of drug-likeness (QED) is 0.212. The van der Waals surface area contributed by atoms with Gasteiger partial charge >= 0.3 is 5.97 Å². The lowest BCUT2D eigenvalue weighted by molar-refractivity contribution is -0.157. The molecule has 41 heavy (non-hydrogen) atoms. The molecule has 0 radical (unpaired) electrons. The van der Waals surface area contributed by atoms with E-state index in [0.717, 1.165) is 40.9 Å². The Kier molecular flexibility index (Phi) is 8.67. The van der Waals surface area contributed by atoms with E-state index >= 15 is 0 Å². The third-order valence-electron chi connectivity index (χ3n) is 7.89. The lowest BCUT2D eigenvalue weighted by Gasteiger charge is -2.29. The van der Waals surface area contributed by atoms with E-state index in [1.165, 1.54) is 12.1 Å². The third-order valence-corrected chi connectivity index (χ3v) is 7.89. The zero-order valence-corrected chi connectivity index (χ0v) is 23.9. The van der Waals surface area contributed by atoms with Crippen LogP contribution in [0.5, 0.6) is 0 Å². The Hall–Kier alpha value is -4.19. The smallest absolute Gasteiger partial charge is 0.306 e. The van der Waals surface area contributed by atoms with Crippen LogP contribution in [0.2, 0.25) is 0 Å². The van der Waals surface area contributed by atoms with Crippen LogP contribution in [-0.2, 0) is 16.1 Å². The van der Waals surface area contributed by atoms with E-state index < -0.39 is 0 Å². The van der Waals surface area contributed by atoms with E-state index in [0.29, 0.717) is 36.6 Å². The van der Waals surface area contributed by atoms with Gasteiger partial charge in [0, 0.05) is 36.3 Å². The van der Waals surface area contributed by atoms with Gasteiger partial charge in [0.05, 0.1) is 11.3 Å². The molecule has 1 saturated heterocycles. The van der Waals surface area contributed by atoms with Gasteiger partial charge in [-0.05, 0) is 65.8 Å². The summed E-state index contributed by atoms with van der Waals surface area (Å²) in [5.74, 6) is -0.342.